The number of aliphatic carboxylic acids is 1. The van der Waals surface area contributed by atoms with Gasteiger partial charge in [-0.2, -0.15) is 5.10 Å². The quantitative estimate of drug-likeness (QED) is 0.0137. The first kappa shape index (κ1) is 78.5. The number of nitrogens with zero attached hydrogens (tertiary/aromatic N) is 8. The van der Waals surface area contributed by atoms with E-state index >= 15 is 0 Å². The summed E-state index contributed by atoms with van der Waals surface area (Å²) in [6.45, 7) is 14.7. The largest absolute Gasteiger partial charge is 0.481 e. The molecular weight excluding hydrogens is 1410 g/mol. The van der Waals surface area contributed by atoms with Gasteiger partial charge in [-0.15, -0.1) is 0 Å². The number of aromatic carboxylic acids is 1. The van der Waals surface area contributed by atoms with Crippen LogP contribution in [0.1, 0.15) is 174 Å². The number of benzene rings is 3. The number of unbranched alkanes of at least 4 members (excludes halogenated alkanes) is 2. The number of urea groups is 1. The van der Waals surface area contributed by atoms with Crippen molar-refractivity contribution >= 4 is 97.7 Å². The molecule has 2 unspecified atom stereocenters. The fourth-order valence-electron chi connectivity index (χ4n) is 18.5. The van der Waals surface area contributed by atoms with Crippen molar-refractivity contribution in [1.29, 1.82) is 0 Å². The number of fused-ring (bicyclic) bond motifs is 2. The van der Waals surface area contributed by atoms with Gasteiger partial charge in [-0.1, -0.05) is 81.9 Å². The zero-order valence-electron chi connectivity index (χ0n) is 62.7. The number of hydrogen-bond acceptors (Lipinski definition) is 18. The lowest BCUT2D eigenvalue weighted by Gasteiger charge is -2.69. The molecule has 6 heterocycles. The number of likely N-dealkylation sites (tertiary alicyclic amines) is 1. The van der Waals surface area contributed by atoms with Crippen molar-refractivity contribution in [1.82, 2.24) is 50.4 Å². The van der Waals surface area contributed by atoms with Crippen LogP contribution in [-0.4, -0.2) is 180 Å². The predicted molar refractivity (Wildman–Crippen MR) is 409 cm³/mol. The average molecular weight is 1510 g/mol. The molecule has 29 heteroatoms. The van der Waals surface area contributed by atoms with Gasteiger partial charge in [-0.3, -0.25) is 53.4 Å². The van der Waals surface area contributed by atoms with Crippen molar-refractivity contribution < 1.29 is 67.6 Å². The van der Waals surface area contributed by atoms with Crippen molar-refractivity contribution in [3.63, 3.8) is 0 Å². The van der Waals surface area contributed by atoms with Gasteiger partial charge in [-0.25, -0.2) is 24.4 Å². The van der Waals surface area contributed by atoms with Gasteiger partial charge in [0, 0.05) is 111 Å². The summed E-state index contributed by atoms with van der Waals surface area (Å²) in [7, 11) is 0. The van der Waals surface area contributed by atoms with Crippen LogP contribution in [0.3, 0.4) is 0 Å². The maximum absolute atomic E-state index is 13.9. The zero-order chi connectivity index (χ0) is 77.4. The standard InChI is InChI=1S/C80H100N14O14S/c1-50(2)68(88-64(95)19-7-6-10-34-93-65(96)27-28-66(93)97)72(102)85-61(17-12-32-82-74(81)105)71(101)84-54-23-21-52(22-24-54)42-107-76(106)91-36-30-55(31-37-91)90(33-13-20-67(98)99)38-39-108-80-46-77(4)43-78(5,47-80)45-79(44-77,48-80)49-94-51(3)58(40-83-94)56-25-26-63(87-69(56)73(103)104)92-35-29-53-14-11-15-57(59(53)41-92)70(100)89-75-86-60-16-8-9-18-62(60)109-75/h8-9,11,14-16,18,21-28,40,50,55,61,68H,6-7,10,12-13,17,19-20,29-39,41-49H2,1-5H3,(H,84,101)(H,85,102)(H,88,95)(H,98,99)(H,103,104)(H3,81,82,105)(H,86,89,100)/t61-,68-,77?,78?,79?,80?/m0/s1. The summed E-state index contributed by atoms with van der Waals surface area (Å²) >= 11 is 1.41. The molecule has 0 spiro atoms. The molecule has 9 amide bonds. The van der Waals surface area contributed by atoms with E-state index in [0.29, 0.717) is 136 Å². The molecule has 0 radical (unpaired) electrons. The number of carboxylic acid groups (broad SMARTS) is 2. The number of para-hydroxylation sites is 1. The Labute approximate surface area is 637 Å². The smallest absolute Gasteiger partial charge is 0.410 e. The number of aromatic nitrogens is 4. The number of carbonyl (C=O) groups is 10. The summed E-state index contributed by atoms with van der Waals surface area (Å²) in [6, 6.07) is 21.2. The third-order valence-corrected chi connectivity index (χ3v) is 23.4. The molecule has 9 N–H and O–H groups in total. The molecule has 6 aromatic rings. The fraction of sp³-hybridized carbons (Fsp3) is 0.512. The second kappa shape index (κ2) is 33.8. The summed E-state index contributed by atoms with van der Waals surface area (Å²) in [6.07, 6.45) is 14.0. The summed E-state index contributed by atoms with van der Waals surface area (Å²) in [5.41, 5.74) is 11.0. The summed E-state index contributed by atoms with van der Waals surface area (Å²) in [5, 5.41) is 39.9. The number of thiazole rings is 1. The average Bonchev–Trinajstić information content (AvgIpc) is 1.69. The number of carbonyl (C=O) groups excluding carboxylic acids is 8. The Morgan fingerprint density at radius 1 is 0.761 bits per heavy atom. The van der Waals surface area contributed by atoms with Gasteiger partial charge >= 0.3 is 24.1 Å². The van der Waals surface area contributed by atoms with Gasteiger partial charge < -0.3 is 56.5 Å². The number of rotatable bonds is 34. The van der Waals surface area contributed by atoms with E-state index in [2.05, 4.69) is 55.0 Å². The van der Waals surface area contributed by atoms with Gasteiger partial charge in [0.05, 0.1) is 28.6 Å². The number of piperidine rings is 1. The highest BCUT2D eigenvalue weighted by Gasteiger charge is 2.66. The van der Waals surface area contributed by atoms with E-state index in [4.69, 9.17) is 25.3 Å². The predicted octanol–water partition coefficient (Wildman–Crippen LogP) is 9.98. The van der Waals surface area contributed by atoms with Crippen LogP contribution < -0.4 is 37.2 Å². The number of primary amides is 1. The molecule has 5 fully saturated rings. The van der Waals surface area contributed by atoms with Crippen LogP contribution in [-0.2, 0) is 64.4 Å². The minimum atomic E-state index is -1.15. The monoisotopic (exact) mass is 1510 g/mol. The molecule has 28 nitrogen and oxygen atoms in total. The molecule has 4 atom stereocenters. The highest BCUT2D eigenvalue weighted by atomic mass is 32.1. The molecule has 109 heavy (non-hydrogen) atoms. The van der Waals surface area contributed by atoms with E-state index in [-0.39, 0.29) is 103 Å². The van der Waals surface area contributed by atoms with E-state index in [1.165, 1.54) is 23.5 Å². The summed E-state index contributed by atoms with van der Waals surface area (Å²) < 4.78 is 16.1. The maximum Gasteiger partial charge on any atom is 0.410 e. The first-order chi connectivity index (χ1) is 52.1. The van der Waals surface area contributed by atoms with E-state index in [0.717, 1.165) is 70.5 Å². The van der Waals surface area contributed by atoms with Crippen LogP contribution >= 0.6 is 11.3 Å². The number of nitrogens with two attached hydrogens (primary N) is 1. The van der Waals surface area contributed by atoms with E-state index in [1.807, 2.05) is 66.4 Å². The van der Waals surface area contributed by atoms with Crippen molar-refractivity contribution in [2.75, 3.05) is 68.0 Å². The number of nitrogens with one attached hydrogen (secondary N) is 5. The Bertz CT molecular complexity index is 4380. The Morgan fingerprint density at radius 3 is 2.21 bits per heavy atom. The van der Waals surface area contributed by atoms with E-state index in [1.54, 1.807) is 49.2 Å². The lowest BCUT2D eigenvalue weighted by Crippen LogP contribution is -2.64. The van der Waals surface area contributed by atoms with Crippen LogP contribution in [0.5, 0.6) is 0 Å². The van der Waals surface area contributed by atoms with Crippen molar-refractivity contribution in [3.8, 4) is 11.1 Å². The zero-order valence-corrected chi connectivity index (χ0v) is 63.5. The van der Waals surface area contributed by atoms with Gasteiger partial charge in [0.25, 0.3) is 17.7 Å². The topological polar surface area (TPSA) is 372 Å². The highest BCUT2D eigenvalue weighted by molar-refractivity contribution is 7.22. The Balaban J connectivity index is 0.625. The van der Waals surface area contributed by atoms with Gasteiger partial charge in [-0.05, 0) is 185 Å². The molecule has 7 aliphatic rings. The molecule has 3 aromatic carbocycles. The number of imide groups is 1. The molecule has 4 bridgehead atoms. The Morgan fingerprint density at radius 2 is 1.50 bits per heavy atom. The lowest BCUT2D eigenvalue weighted by atomic mass is 9.39. The minimum Gasteiger partial charge on any atom is -0.481 e. The van der Waals surface area contributed by atoms with Gasteiger partial charge in [0.2, 0.25) is 17.7 Å². The van der Waals surface area contributed by atoms with Crippen LogP contribution in [0.15, 0.2) is 97.2 Å². The molecule has 4 aliphatic carbocycles. The van der Waals surface area contributed by atoms with E-state index in [9.17, 15) is 58.2 Å². The number of ether oxygens (including phenoxy) is 2. The highest BCUT2D eigenvalue weighted by Crippen LogP contribution is 2.72. The molecule has 13 rings (SSSR count). The number of pyridine rings is 1. The summed E-state index contributed by atoms with van der Waals surface area (Å²) in [4.78, 5) is 145. The molecule has 1 saturated heterocycles. The third kappa shape index (κ3) is 19.1. The van der Waals surface area contributed by atoms with Crippen molar-refractivity contribution in [2.24, 2.45) is 27.9 Å². The first-order valence-corrected chi connectivity index (χ1v) is 38.8. The van der Waals surface area contributed by atoms with Crippen molar-refractivity contribution in [2.45, 2.75) is 187 Å². The summed E-state index contributed by atoms with van der Waals surface area (Å²) in [5.74, 6) is -4.34. The van der Waals surface area contributed by atoms with Crippen LogP contribution in [0.2, 0.25) is 0 Å². The third-order valence-electron chi connectivity index (χ3n) is 22.5. The second-order valence-electron chi connectivity index (χ2n) is 31.7. The van der Waals surface area contributed by atoms with Crippen LogP contribution in [0.25, 0.3) is 21.3 Å². The van der Waals surface area contributed by atoms with Crippen LogP contribution in [0, 0.1) is 29.1 Å². The molecule has 3 aliphatic heterocycles. The number of carboxylic acids is 2. The maximum atomic E-state index is 13.9. The molecule has 580 valence electrons. The van der Waals surface area contributed by atoms with Crippen LogP contribution in [0.4, 0.5) is 26.2 Å². The normalized spacial score (nSPS) is 21.4. The number of amides is 9. The Kier molecular flexibility index (Phi) is 24.3. The SMILES string of the molecule is Cc1c(-c2ccc(N3CCc4cccc(C(=O)Nc5nc6ccccc6s5)c4C3)nc2C(=O)O)cnn1CC12CC3(C)CC(C)(C1)CC(OCCN(CCCC(=O)O)C1CCN(C(=O)OCc4ccc(NC(=O)[C@H](CCCNC(N)=O)NC(=O)[C@@H](NC(=O)CCCCCN5C(=O)C=CC5=O)C(C)C)cc4)CC1)(C3)C2. The molecule has 3 aromatic heterocycles. The molecular formula is C80H100N14O14S. The van der Waals surface area contributed by atoms with Gasteiger partial charge in [0.1, 0.15) is 24.5 Å². The van der Waals surface area contributed by atoms with Crippen molar-refractivity contribution in [3.05, 3.63) is 131 Å². The Hall–Kier alpha value is -10.1. The van der Waals surface area contributed by atoms with E-state index < -0.39 is 53.6 Å². The second-order valence-corrected chi connectivity index (χ2v) is 32.7. The van der Waals surface area contributed by atoms with Gasteiger partial charge in [0.15, 0.2) is 10.8 Å². The minimum absolute atomic E-state index is 0.0130. The first-order valence-electron chi connectivity index (χ1n) is 38.0. The number of anilines is 3. The number of hydrogen-bond donors (Lipinski definition) is 8. The lowest BCUT2D eigenvalue weighted by molar-refractivity contribution is -0.249. The fourth-order valence-corrected chi connectivity index (χ4v) is 19.4. The molecule has 4 saturated carbocycles.